The summed E-state index contributed by atoms with van der Waals surface area (Å²) >= 11 is 0. The Morgan fingerprint density at radius 1 is 1.11 bits per heavy atom. The highest BCUT2D eigenvalue weighted by Crippen LogP contribution is 2.17. The summed E-state index contributed by atoms with van der Waals surface area (Å²) in [5.74, 6) is 1.44. The molecule has 1 unspecified atom stereocenters. The Balaban J connectivity index is 2.03. The highest BCUT2D eigenvalue weighted by atomic mass is 16.5. The molecule has 28 heavy (non-hydrogen) atoms. The monoisotopic (exact) mass is 382 g/mol. The van der Waals surface area contributed by atoms with Gasteiger partial charge in [0.05, 0.1) is 13.2 Å². The lowest BCUT2D eigenvalue weighted by Crippen LogP contribution is -2.40. The van der Waals surface area contributed by atoms with E-state index in [1.54, 1.807) is 21.2 Å². The van der Waals surface area contributed by atoms with E-state index in [0.717, 1.165) is 23.3 Å². The van der Waals surface area contributed by atoms with Gasteiger partial charge in [-0.05, 0) is 30.5 Å². The number of rotatable bonds is 8. The van der Waals surface area contributed by atoms with E-state index in [2.05, 4.69) is 34.7 Å². The quantitative estimate of drug-likeness (QED) is 0.544. The lowest BCUT2D eigenvalue weighted by atomic mass is 10.1. The number of amides is 1. The molecule has 0 radical (unpaired) electrons. The van der Waals surface area contributed by atoms with Crippen LogP contribution < -0.4 is 15.4 Å². The number of likely N-dealkylation sites (N-methyl/N-ethyl adjacent to an activating group) is 1. The van der Waals surface area contributed by atoms with Crippen molar-refractivity contribution in [3.05, 3.63) is 65.7 Å². The normalized spacial score (nSPS) is 12.2. The molecule has 2 N–H and O–H groups in total. The minimum Gasteiger partial charge on any atom is -0.496 e. The van der Waals surface area contributed by atoms with Crippen LogP contribution in [0.1, 0.15) is 24.1 Å². The number of hydrogen-bond donors (Lipinski definition) is 2. The van der Waals surface area contributed by atoms with E-state index in [0.29, 0.717) is 12.5 Å². The SMILES string of the molecule is COc1ccccc1CCNC(=NCC(=O)N(C)C)NC(C)c1ccccc1. The van der Waals surface area contributed by atoms with Crippen LogP contribution in [0.15, 0.2) is 59.6 Å². The maximum absolute atomic E-state index is 11.9. The van der Waals surface area contributed by atoms with Gasteiger partial charge in [0.2, 0.25) is 5.91 Å². The Bertz CT molecular complexity index is 775. The summed E-state index contributed by atoms with van der Waals surface area (Å²) in [6, 6.07) is 18.2. The lowest BCUT2D eigenvalue weighted by molar-refractivity contribution is -0.127. The average molecular weight is 383 g/mol. The molecule has 0 aliphatic heterocycles. The molecule has 0 aromatic heterocycles. The summed E-state index contributed by atoms with van der Waals surface area (Å²) in [6.07, 6.45) is 0.784. The smallest absolute Gasteiger partial charge is 0.243 e. The number of nitrogens with zero attached hydrogens (tertiary/aromatic N) is 2. The molecule has 2 aromatic carbocycles. The second kappa shape index (κ2) is 11.0. The summed E-state index contributed by atoms with van der Waals surface area (Å²) in [5.41, 5.74) is 2.28. The third-order valence-electron chi connectivity index (χ3n) is 4.40. The molecule has 150 valence electrons. The zero-order valence-corrected chi connectivity index (χ0v) is 17.1. The molecule has 0 spiro atoms. The minimum atomic E-state index is -0.0433. The molecule has 0 aliphatic rings. The molecular weight excluding hydrogens is 352 g/mol. The van der Waals surface area contributed by atoms with Crippen molar-refractivity contribution in [3.8, 4) is 5.75 Å². The van der Waals surface area contributed by atoms with Crippen molar-refractivity contribution in [1.82, 2.24) is 15.5 Å². The van der Waals surface area contributed by atoms with Gasteiger partial charge in [-0.1, -0.05) is 48.5 Å². The van der Waals surface area contributed by atoms with E-state index in [4.69, 9.17) is 4.74 Å². The number of guanidine groups is 1. The first kappa shape index (κ1) is 21.3. The third-order valence-corrected chi connectivity index (χ3v) is 4.40. The summed E-state index contributed by atoms with van der Waals surface area (Å²) in [6.45, 7) is 2.84. The second-order valence-electron chi connectivity index (χ2n) is 6.72. The number of carbonyl (C=O) groups is 1. The Kier molecular flexibility index (Phi) is 8.34. The van der Waals surface area contributed by atoms with Gasteiger partial charge in [0.25, 0.3) is 0 Å². The van der Waals surface area contributed by atoms with Gasteiger partial charge in [-0.3, -0.25) is 4.79 Å². The average Bonchev–Trinajstić information content (AvgIpc) is 2.72. The number of carbonyl (C=O) groups excluding carboxylic acids is 1. The van der Waals surface area contributed by atoms with Crippen molar-refractivity contribution in [2.75, 3.05) is 34.3 Å². The number of benzene rings is 2. The number of nitrogens with one attached hydrogen (secondary N) is 2. The Morgan fingerprint density at radius 2 is 1.79 bits per heavy atom. The zero-order chi connectivity index (χ0) is 20.4. The molecule has 6 nitrogen and oxygen atoms in total. The van der Waals surface area contributed by atoms with Crippen LogP contribution in [0.3, 0.4) is 0 Å². The molecule has 6 heteroatoms. The van der Waals surface area contributed by atoms with Crippen molar-refractivity contribution >= 4 is 11.9 Å². The maximum atomic E-state index is 11.9. The third kappa shape index (κ3) is 6.61. The van der Waals surface area contributed by atoms with E-state index in [1.807, 2.05) is 42.5 Å². The molecule has 0 saturated carbocycles. The van der Waals surface area contributed by atoms with Crippen molar-refractivity contribution in [2.45, 2.75) is 19.4 Å². The molecule has 2 aromatic rings. The molecule has 0 saturated heterocycles. The molecule has 0 bridgehead atoms. The van der Waals surface area contributed by atoms with Crippen LogP contribution in [-0.4, -0.2) is 51.1 Å². The van der Waals surface area contributed by atoms with Crippen LogP contribution in [0, 0.1) is 0 Å². The molecular formula is C22H30N4O2. The van der Waals surface area contributed by atoms with Gasteiger partial charge in [-0.2, -0.15) is 0 Å². The van der Waals surface area contributed by atoms with Gasteiger partial charge in [0, 0.05) is 20.6 Å². The predicted octanol–water partition coefficient (Wildman–Crippen LogP) is 2.62. The lowest BCUT2D eigenvalue weighted by Gasteiger charge is -2.19. The minimum absolute atomic E-state index is 0.0433. The van der Waals surface area contributed by atoms with E-state index in [1.165, 1.54) is 4.90 Å². The van der Waals surface area contributed by atoms with Crippen LogP contribution in [-0.2, 0) is 11.2 Å². The zero-order valence-electron chi connectivity index (χ0n) is 17.1. The predicted molar refractivity (Wildman–Crippen MR) is 114 cm³/mol. The number of ether oxygens (including phenoxy) is 1. The highest BCUT2D eigenvalue weighted by molar-refractivity contribution is 5.85. The van der Waals surface area contributed by atoms with E-state index in [-0.39, 0.29) is 18.5 Å². The fourth-order valence-electron chi connectivity index (χ4n) is 2.70. The van der Waals surface area contributed by atoms with Crippen molar-refractivity contribution in [1.29, 1.82) is 0 Å². The second-order valence-corrected chi connectivity index (χ2v) is 6.72. The summed E-state index contributed by atoms with van der Waals surface area (Å²) < 4.78 is 5.41. The molecule has 1 amide bonds. The fraction of sp³-hybridized carbons (Fsp3) is 0.364. The number of hydrogen-bond acceptors (Lipinski definition) is 3. The summed E-state index contributed by atoms with van der Waals surface area (Å²) in [7, 11) is 5.13. The first-order chi connectivity index (χ1) is 13.5. The van der Waals surface area contributed by atoms with Crippen molar-refractivity contribution < 1.29 is 9.53 Å². The Hall–Kier alpha value is -3.02. The van der Waals surface area contributed by atoms with Gasteiger partial charge in [-0.25, -0.2) is 4.99 Å². The Morgan fingerprint density at radius 3 is 2.46 bits per heavy atom. The van der Waals surface area contributed by atoms with Crippen LogP contribution in [0.4, 0.5) is 0 Å². The first-order valence-electron chi connectivity index (χ1n) is 9.43. The summed E-state index contributed by atoms with van der Waals surface area (Å²) in [4.78, 5) is 17.9. The topological polar surface area (TPSA) is 66.0 Å². The van der Waals surface area contributed by atoms with Crippen molar-refractivity contribution in [2.24, 2.45) is 4.99 Å². The molecule has 0 fully saturated rings. The van der Waals surface area contributed by atoms with Crippen LogP contribution in [0.2, 0.25) is 0 Å². The Labute approximate surface area is 167 Å². The standard InChI is InChI=1S/C22H30N4O2/c1-17(18-10-6-5-7-11-18)25-22(24-16-21(27)26(2)3)23-15-14-19-12-8-9-13-20(19)28-4/h5-13,17H,14-16H2,1-4H3,(H2,23,24,25). The largest absolute Gasteiger partial charge is 0.496 e. The van der Waals surface area contributed by atoms with E-state index < -0.39 is 0 Å². The molecule has 2 rings (SSSR count). The number of para-hydroxylation sites is 1. The van der Waals surface area contributed by atoms with Crippen LogP contribution in [0.25, 0.3) is 0 Å². The van der Waals surface area contributed by atoms with Gasteiger partial charge in [0.1, 0.15) is 12.3 Å². The van der Waals surface area contributed by atoms with Crippen molar-refractivity contribution in [3.63, 3.8) is 0 Å². The number of methoxy groups -OCH3 is 1. The molecule has 0 heterocycles. The number of aliphatic imine (C=N–C) groups is 1. The van der Waals surface area contributed by atoms with Crippen LogP contribution >= 0.6 is 0 Å². The maximum Gasteiger partial charge on any atom is 0.243 e. The summed E-state index contributed by atoms with van der Waals surface area (Å²) in [5, 5.41) is 6.71. The van der Waals surface area contributed by atoms with Gasteiger partial charge in [-0.15, -0.1) is 0 Å². The van der Waals surface area contributed by atoms with E-state index >= 15 is 0 Å². The fourth-order valence-corrected chi connectivity index (χ4v) is 2.70. The first-order valence-corrected chi connectivity index (χ1v) is 9.43. The molecule has 1 atom stereocenters. The van der Waals surface area contributed by atoms with Crippen LogP contribution in [0.5, 0.6) is 5.75 Å². The molecule has 0 aliphatic carbocycles. The van der Waals surface area contributed by atoms with Gasteiger partial charge >= 0.3 is 0 Å². The van der Waals surface area contributed by atoms with Gasteiger partial charge in [0.15, 0.2) is 5.96 Å². The highest BCUT2D eigenvalue weighted by Gasteiger charge is 2.10. The van der Waals surface area contributed by atoms with Gasteiger partial charge < -0.3 is 20.3 Å². The van der Waals surface area contributed by atoms with E-state index in [9.17, 15) is 4.79 Å².